The van der Waals surface area contributed by atoms with Crippen LogP contribution in [-0.2, 0) is 44.6 Å². The summed E-state index contributed by atoms with van der Waals surface area (Å²) in [5.74, 6) is 1.01. The maximum Gasteiger partial charge on any atom is 0.344 e. The van der Waals surface area contributed by atoms with Crippen LogP contribution in [0.1, 0.15) is 124 Å². The van der Waals surface area contributed by atoms with E-state index in [-0.39, 0.29) is 13.0 Å². The average molecular weight is 758 g/mol. The third-order valence-electron chi connectivity index (χ3n) is 8.52. The number of amides is 1. The molecule has 1 rings (SSSR count). The van der Waals surface area contributed by atoms with Crippen LogP contribution in [0.2, 0.25) is 0 Å². The maximum atomic E-state index is 14.1. The number of methoxy groups -OCH3 is 1. The van der Waals surface area contributed by atoms with Crippen LogP contribution in [0.3, 0.4) is 0 Å². The van der Waals surface area contributed by atoms with Gasteiger partial charge in [0, 0.05) is 32.3 Å². The monoisotopic (exact) mass is 757 g/mol. The zero-order valence-corrected chi connectivity index (χ0v) is 33.2. The first kappa shape index (κ1) is 47.8. The molecule has 1 amide bonds. The van der Waals surface area contributed by atoms with Gasteiger partial charge in [0.15, 0.2) is 12.2 Å². The van der Waals surface area contributed by atoms with Crippen LogP contribution >= 0.6 is 0 Å². The van der Waals surface area contributed by atoms with Gasteiger partial charge in [0.25, 0.3) is 0 Å². The first-order chi connectivity index (χ1) is 25.7. The third kappa shape index (κ3) is 19.7. The van der Waals surface area contributed by atoms with Gasteiger partial charge in [-0.1, -0.05) is 75.7 Å². The summed E-state index contributed by atoms with van der Waals surface area (Å²) in [6, 6.07) is 5.37. The van der Waals surface area contributed by atoms with Crippen molar-refractivity contribution in [2.24, 2.45) is 5.92 Å². The SMILES string of the molecule is CC#CCOc1ccc(C[C@H](NC(=O)[C@@H](/C=C/CCCCCCC(=O)CCCCCCC)C(O)(CCO)C(=O)OC(C)(C)C)C(=O)OCC(=O)OC)cc1. The molecule has 302 valence electrons. The molecule has 1 aromatic carbocycles. The average Bonchev–Trinajstić information content (AvgIpc) is 3.12. The van der Waals surface area contributed by atoms with Crippen molar-refractivity contribution in [1.29, 1.82) is 0 Å². The third-order valence-corrected chi connectivity index (χ3v) is 8.52. The Balaban J connectivity index is 3.18. The van der Waals surface area contributed by atoms with Gasteiger partial charge in [-0.3, -0.25) is 9.59 Å². The van der Waals surface area contributed by atoms with Crippen LogP contribution in [0.5, 0.6) is 5.75 Å². The second kappa shape index (κ2) is 26.5. The molecule has 54 heavy (non-hydrogen) atoms. The molecule has 0 spiro atoms. The summed E-state index contributed by atoms with van der Waals surface area (Å²) < 4.78 is 20.7. The van der Waals surface area contributed by atoms with E-state index >= 15 is 0 Å². The van der Waals surface area contributed by atoms with Crippen molar-refractivity contribution in [2.45, 2.75) is 142 Å². The lowest BCUT2D eigenvalue weighted by Gasteiger charge is -2.34. The van der Waals surface area contributed by atoms with Crippen molar-refractivity contribution in [3.8, 4) is 17.6 Å². The molecular weight excluding hydrogens is 694 g/mol. The molecule has 1 aromatic rings. The van der Waals surface area contributed by atoms with Crippen LogP contribution in [0.15, 0.2) is 36.4 Å². The highest BCUT2D eigenvalue weighted by Crippen LogP contribution is 2.29. The van der Waals surface area contributed by atoms with Crippen molar-refractivity contribution >= 4 is 29.6 Å². The number of hydrogen-bond acceptors (Lipinski definition) is 11. The number of unbranched alkanes of at least 4 members (excludes halogenated alkanes) is 8. The summed E-state index contributed by atoms with van der Waals surface area (Å²) in [7, 11) is 1.14. The molecule has 0 aliphatic rings. The number of allylic oxidation sites excluding steroid dienone is 1. The van der Waals surface area contributed by atoms with E-state index in [1.54, 1.807) is 58.0 Å². The van der Waals surface area contributed by atoms with Crippen LogP contribution in [0.4, 0.5) is 0 Å². The topological polar surface area (TPSA) is 175 Å². The molecule has 0 aliphatic carbocycles. The molecular formula is C42H63NO11. The molecule has 12 heteroatoms. The number of rotatable bonds is 27. The molecule has 0 bridgehead atoms. The van der Waals surface area contributed by atoms with E-state index in [2.05, 4.69) is 28.8 Å². The molecule has 0 fully saturated rings. The number of ketones is 1. The van der Waals surface area contributed by atoms with Gasteiger partial charge in [-0.25, -0.2) is 14.4 Å². The molecule has 3 N–H and O–H groups in total. The van der Waals surface area contributed by atoms with Crippen LogP contribution in [0.25, 0.3) is 0 Å². The van der Waals surface area contributed by atoms with E-state index in [4.69, 9.17) is 14.2 Å². The summed E-state index contributed by atoms with van der Waals surface area (Å²) in [6.07, 6.45) is 12.9. The van der Waals surface area contributed by atoms with E-state index in [0.29, 0.717) is 36.4 Å². The van der Waals surface area contributed by atoms with Gasteiger partial charge in [-0.05, 0) is 71.1 Å². The van der Waals surface area contributed by atoms with E-state index in [0.717, 1.165) is 45.6 Å². The Morgan fingerprint density at radius 2 is 1.56 bits per heavy atom. The van der Waals surface area contributed by atoms with Gasteiger partial charge in [0.1, 0.15) is 29.8 Å². The Hall–Kier alpha value is -4.21. The van der Waals surface area contributed by atoms with E-state index < -0.39 is 66.6 Å². The number of aliphatic hydroxyl groups is 2. The van der Waals surface area contributed by atoms with Crippen LogP contribution < -0.4 is 10.1 Å². The largest absolute Gasteiger partial charge is 0.481 e. The summed E-state index contributed by atoms with van der Waals surface area (Å²) in [4.78, 5) is 64.7. The number of hydrogen-bond donors (Lipinski definition) is 3. The van der Waals surface area contributed by atoms with Gasteiger partial charge in [-0.15, -0.1) is 5.92 Å². The van der Waals surface area contributed by atoms with Crippen molar-refractivity contribution in [1.82, 2.24) is 5.32 Å². The molecule has 1 unspecified atom stereocenters. The van der Waals surface area contributed by atoms with Gasteiger partial charge in [0.05, 0.1) is 13.0 Å². The summed E-state index contributed by atoms with van der Waals surface area (Å²) >= 11 is 0. The predicted molar refractivity (Wildman–Crippen MR) is 205 cm³/mol. The highest BCUT2D eigenvalue weighted by atomic mass is 16.6. The fourth-order valence-corrected chi connectivity index (χ4v) is 5.50. The smallest absolute Gasteiger partial charge is 0.344 e. The highest BCUT2D eigenvalue weighted by molar-refractivity contribution is 5.93. The highest BCUT2D eigenvalue weighted by Gasteiger charge is 2.49. The van der Waals surface area contributed by atoms with E-state index in [1.807, 2.05) is 0 Å². The summed E-state index contributed by atoms with van der Waals surface area (Å²) in [6.45, 7) is 7.53. The summed E-state index contributed by atoms with van der Waals surface area (Å²) in [5, 5.41) is 24.3. The number of nitrogens with one attached hydrogen (secondary N) is 1. The zero-order valence-electron chi connectivity index (χ0n) is 33.2. The predicted octanol–water partition coefficient (Wildman–Crippen LogP) is 5.73. The maximum absolute atomic E-state index is 14.1. The molecule has 0 aliphatic heterocycles. The van der Waals surface area contributed by atoms with Crippen molar-refractivity contribution in [3.05, 3.63) is 42.0 Å². The van der Waals surface area contributed by atoms with Crippen molar-refractivity contribution in [3.63, 3.8) is 0 Å². The number of carbonyl (C=O) groups excluding carboxylic acids is 5. The Morgan fingerprint density at radius 3 is 2.13 bits per heavy atom. The van der Waals surface area contributed by atoms with Crippen molar-refractivity contribution in [2.75, 3.05) is 26.9 Å². The fourth-order valence-electron chi connectivity index (χ4n) is 5.50. The van der Waals surface area contributed by atoms with Crippen molar-refractivity contribution < 1.29 is 53.1 Å². The molecule has 0 aromatic heterocycles. The number of ether oxygens (including phenoxy) is 4. The number of carbonyl (C=O) groups is 5. The minimum absolute atomic E-state index is 0.0799. The number of aliphatic hydroxyl groups excluding tert-OH is 1. The fraction of sp³-hybridized carbons (Fsp3) is 0.643. The molecule has 0 saturated heterocycles. The minimum atomic E-state index is -2.50. The molecule has 12 nitrogen and oxygen atoms in total. The Kier molecular flexibility index (Phi) is 23.5. The van der Waals surface area contributed by atoms with Crippen LogP contribution in [0, 0.1) is 17.8 Å². The van der Waals surface area contributed by atoms with Gasteiger partial charge >= 0.3 is 17.9 Å². The standard InChI is InChI=1S/C42H63NO11/c1-7-9-11-14-17-20-33(45)21-18-15-12-13-16-19-22-35(42(50,27-28-44)40(49)54-41(3,4)5)38(47)43-36(39(48)53-31-37(46)51-6)30-32-23-25-34(26-24-32)52-29-10-8-2/h19,22-26,35-36,44,50H,7,9,11-18,20-21,27-31H2,1-6H3,(H,43,47)/b22-19+/t35-,36+,42?/m1/s1. The second-order valence-electron chi connectivity index (χ2n) is 14.3. The summed E-state index contributed by atoms with van der Waals surface area (Å²) in [5.41, 5.74) is -2.93. The first-order valence-corrected chi connectivity index (χ1v) is 19.1. The number of Topliss-reactive ketones (excluding diaryl/α,β-unsaturated/α-hetero) is 1. The van der Waals surface area contributed by atoms with Gasteiger partial charge in [-0.2, -0.15) is 0 Å². The lowest BCUT2D eigenvalue weighted by molar-refractivity contribution is -0.185. The van der Waals surface area contributed by atoms with Crippen LogP contribution in [-0.4, -0.2) is 84.0 Å². The quantitative estimate of drug-likeness (QED) is 0.0329. The Labute approximate surface area is 321 Å². The normalized spacial score (nSPS) is 13.5. The Morgan fingerprint density at radius 1 is 0.926 bits per heavy atom. The second-order valence-corrected chi connectivity index (χ2v) is 14.3. The number of benzene rings is 1. The van der Waals surface area contributed by atoms with Gasteiger partial charge in [0.2, 0.25) is 5.91 Å². The molecule has 0 heterocycles. The number of esters is 3. The lowest BCUT2D eigenvalue weighted by atomic mass is 9.82. The zero-order chi connectivity index (χ0) is 40.4. The molecule has 0 radical (unpaired) electrons. The first-order valence-electron chi connectivity index (χ1n) is 19.1. The van der Waals surface area contributed by atoms with E-state index in [1.165, 1.54) is 25.3 Å². The lowest BCUT2D eigenvalue weighted by Crippen LogP contribution is -2.56. The van der Waals surface area contributed by atoms with E-state index in [9.17, 15) is 34.2 Å². The molecule has 3 atom stereocenters. The molecule has 0 saturated carbocycles. The Bertz CT molecular complexity index is 1390. The van der Waals surface area contributed by atoms with Gasteiger partial charge < -0.3 is 34.5 Å². The minimum Gasteiger partial charge on any atom is -0.481 e.